The zero-order chi connectivity index (χ0) is 15.2. The maximum absolute atomic E-state index is 11.4. The molecule has 21 heavy (non-hydrogen) atoms. The summed E-state index contributed by atoms with van der Waals surface area (Å²) >= 11 is 5.94. The quantitative estimate of drug-likeness (QED) is 0.860. The van der Waals surface area contributed by atoms with Crippen LogP contribution in [0.15, 0.2) is 41.3 Å². The number of nitrogens with one attached hydrogen (secondary N) is 2. The molecule has 5 nitrogen and oxygen atoms in total. The third-order valence-corrected chi connectivity index (χ3v) is 3.45. The van der Waals surface area contributed by atoms with Gasteiger partial charge in [0, 0.05) is 19.1 Å². The van der Waals surface area contributed by atoms with Crippen molar-refractivity contribution >= 4 is 17.3 Å². The molecule has 1 unspecified atom stereocenters. The Morgan fingerprint density at radius 2 is 2.10 bits per heavy atom. The number of H-pyrrole nitrogens is 1. The third kappa shape index (κ3) is 4.58. The van der Waals surface area contributed by atoms with E-state index in [4.69, 9.17) is 11.6 Å². The lowest BCUT2D eigenvalue weighted by atomic mass is 10.2. The van der Waals surface area contributed by atoms with Gasteiger partial charge in [0.25, 0.3) is 5.56 Å². The number of halogens is 1. The molecule has 6 heteroatoms. The van der Waals surface area contributed by atoms with Gasteiger partial charge in [0.05, 0.1) is 11.9 Å². The van der Waals surface area contributed by atoms with Gasteiger partial charge in [-0.3, -0.25) is 4.79 Å². The largest absolute Gasteiger partial charge is 0.379 e. The fourth-order valence-electron chi connectivity index (χ4n) is 2.22. The maximum Gasteiger partial charge on any atom is 0.285 e. The minimum absolute atomic E-state index is 0.139. The van der Waals surface area contributed by atoms with Crippen molar-refractivity contribution in [2.45, 2.75) is 19.5 Å². The Balaban J connectivity index is 1.91. The van der Waals surface area contributed by atoms with Gasteiger partial charge in [0.2, 0.25) is 0 Å². The van der Waals surface area contributed by atoms with Gasteiger partial charge in [-0.2, -0.15) is 5.10 Å². The van der Waals surface area contributed by atoms with Gasteiger partial charge >= 0.3 is 0 Å². The second-order valence-electron chi connectivity index (χ2n) is 5.15. The number of benzene rings is 1. The number of hydrogen-bond donors (Lipinski definition) is 2. The van der Waals surface area contributed by atoms with E-state index >= 15 is 0 Å². The zero-order valence-corrected chi connectivity index (χ0v) is 12.9. The van der Waals surface area contributed by atoms with Crippen molar-refractivity contribution in [2.24, 2.45) is 0 Å². The lowest BCUT2D eigenvalue weighted by Gasteiger charge is -2.23. The minimum Gasteiger partial charge on any atom is -0.379 e. The van der Waals surface area contributed by atoms with Gasteiger partial charge in [-0.25, -0.2) is 5.10 Å². The molecule has 0 radical (unpaired) electrons. The van der Waals surface area contributed by atoms with Crippen molar-refractivity contribution in [1.29, 1.82) is 0 Å². The number of likely N-dealkylation sites (N-methyl/N-ethyl adjacent to an activating group) is 1. The van der Waals surface area contributed by atoms with Crippen molar-refractivity contribution in [2.75, 3.05) is 18.9 Å². The number of hydrogen-bond acceptors (Lipinski definition) is 4. The molecule has 2 N–H and O–H groups in total. The molecule has 112 valence electrons. The summed E-state index contributed by atoms with van der Waals surface area (Å²) in [6.07, 6.45) is 1.53. The second-order valence-corrected chi connectivity index (χ2v) is 5.53. The second kappa shape index (κ2) is 7.24. The summed E-state index contributed by atoms with van der Waals surface area (Å²) in [6, 6.07) is 10.4. The topological polar surface area (TPSA) is 61.0 Å². The SMILES string of the molecule is CC(CN(C)Cc1ccccc1)Nc1cn[nH]c(=O)c1Cl. The van der Waals surface area contributed by atoms with Gasteiger partial charge in [0.1, 0.15) is 5.02 Å². The summed E-state index contributed by atoms with van der Waals surface area (Å²) in [5.41, 5.74) is 1.44. The van der Waals surface area contributed by atoms with E-state index in [9.17, 15) is 4.79 Å². The van der Waals surface area contributed by atoms with Gasteiger partial charge < -0.3 is 10.2 Å². The number of rotatable bonds is 6. The van der Waals surface area contributed by atoms with Crippen molar-refractivity contribution in [3.63, 3.8) is 0 Å². The Morgan fingerprint density at radius 1 is 1.38 bits per heavy atom. The van der Waals surface area contributed by atoms with Crippen molar-refractivity contribution in [1.82, 2.24) is 15.1 Å². The zero-order valence-electron chi connectivity index (χ0n) is 12.1. The van der Waals surface area contributed by atoms with Gasteiger partial charge in [-0.05, 0) is 19.5 Å². The van der Waals surface area contributed by atoms with Crippen molar-refractivity contribution < 1.29 is 0 Å². The van der Waals surface area contributed by atoms with E-state index in [1.165, 1.54) is 11.8 Å². The monoisotopic (exact) mass is 306 g/mol. The molecule has 1 heterocycles. The fraction of sp³-hybridized carbons (Fsp3) is 0.333. The number of anilines is 1. The van der Waals surface area contributed by atoms with Crippen LogP contribution in [0.5, 0.6) is 0 Å². The Bertz CT molecular complexity index is 629. The lowest BCUT2D eigenvalue weighted by Crippen LogP contribution is -2.32. The highest BCUT2D eigenvalue weighted by molar-refractivity contribution is 6.32. The normalized spacial score (nSPS) is 12.4. The highest BCUT2D eigenvalue weighted by Gasteiger charge is 2.10. The molecule has 2 aromatic rings. The molecule has 0 amide bonds. The smallest absolute Gasteiger partial charge is 0.285 e. The molecule has 2 rings (SSSR count). The first kappa shape index (κ1) is 15.5. The van der Waals surface area contributed by atoms with Crippen LogP contribution in [0.25, 0.3) is 0 Å². The number of aromatic nitrogens is 2. The van der Waals surface area contributed by atoms with Crippen LogP contribution in [0, 0.1) is 0 Å². The van der Waals surface area contributed by atoms with Crippen LogP contribution in [0.4, 0.5) is 5.69 Å². The maximum atomic E-state index is 11.4. The standard InChI is InChI=1S/C15H19ClN4O/c1-11(18-13-8-17-19-15(21)14(13)16)9-20(2)10-12-6-4-3-5-7-12/h3-8,11H,9-10H2,1-2H3,(H2,18,19,21). The van der Waals surface area contributed by atoms with Crippen LogP contribution in [-0.4, -0.2) is 34.7 Å². The summed E-state index contributed by atoms with van der Waals surface area (Å²) in [5, 5.41) is 9.40. The highest BCUT2D eigenvalue weighted by Crippen LogP contribution is 2.15. The van der Waals surface area contributed by atoms with Crippen LogP contribution >= 0.6 is 11.6 Å². The third-order valence-electron chi connectivity index (χ3n) is 3.08. The first-order valence-electron chi connectivity index (χ1n) is 6.78. The summed E-state index contributed by atoms with van der Waals surface area (Å²) < 4.78 is 0. The average Bonchev–Trinajstić information content (AvgIpc) is 2.44. The van der Waals surface area contributed by atoms with Crippen LogP contribution in [0.3, 0.4) is 0 Å². The highest BCUT2D eigenvalue weighted by atomic mass is 35.5. The van der Waals surface area contributed by atoms with Crippen LogP contribution in [0.2, 0.25) is 5.02 Å². The summed E-state index contributed by atoms with van der Waals surface area (Å²) in [7, 11) is 2.06. The molecule has 0 aliphatic carbocycles. The lowest BCUT2D eigenvalue weighted by molar-refractivity contribution is 0.316. The van der Waals surface area contributed by atoms with Crippen molar-refractivity contribution in [3.05, 3.63) is 57.5 Å². The van der Waals surface area contributed by atoms with Gasteiger partial charge in [-0.1, -0.05) is 41.9 Å². The predicted octanol–water partition coefficient (Wildman–Crippen LogP) is 2.36. The molecule has 0 spiro atoms. The van der Waals surface area contributed by atoms with Crippen molar-refractivity contribution in [3.8, 4) is 0 Å². The van der Waals surface area contributed by atoms with E-state index in [0.717, 1.165) is 13.1 Å². The van der Waals surface area contributed by atoms with E-state index in [1.54, 1.807) is 0 Å². The molecular formula is C15H19ClN4O. The van der Waals surface area contributed by atoms with Gasteiger partial charge in [0.15, 0.2) is 0 Å². The van der Waals surface area contributed by atoms with E-state index < -0.39 is 0 Å². The molecule has 0 aliphatic heterocycles. The molecule has 1 atom stereocenters. The van der Waals surface area contributed by atoms with Crippen LogP contribution < -0.4 is 10.9 Å². The van der Waals surface area contributed by atoms with Crippen LogP contribution in [0.1, 0.15) is 12.5 Å². The Hall–Kier alpha value is -1.85. The Kier molecular flexibility index (Phi) is 5.36. The predicted molar refractivity (Wildman–Crippen MR) is 85.7 cm³/mol. The van der Waals surface area contributed by atoms with E-state index in [-0.39, 0.29) is 16.6 Å². The Labute approximate surface area is 128 Å². The number of aromatic amines is 1. The molecule has 0 fully saturated rings. The summed E-state index contributed by atoms with van der Waals surface area (Å²) in [5.74, 6) is 0. The van der Waals surface area contributed by atoms with E-state index in [0.29, 0.717) is 5.69 Å². The first-order valence-corrected chi connectivity index (χ1v) is 7.16. The molecular weight excluding hydrogens is 288 g/mol. The molecule has 1 aromatic heterocycles. The molecule has 0 bridgehead atoms. The first-order chi connectivity index (χ1) is 10.1. The molecule has 0 saturated heterocycles. The summed E-state index contributed by atoms with van der Waals surface area (Å²) in [4.78, 5) is 13.6. The number of nitrogens with zero attached hydrogens (tertiary/aromatic N) is 2. The average molecular weight is 307 g/mol. The van der Waals surface area contributed by atoms with E-state index in [2.05, 4.69) is 39.6 Å². The Morgan fingerprint density at radius 3 is 2.81 bits per heavy atom. The minimum atomic E-state index is -0.383. The molecule has 1 aromatic carbocycles. The fourth-order valence-corrected chi connectivity index (χ4v) is 2.37. The molecule has 0 aliphatic rings. The molecule has 0 saturated carbocycles. The van der Waals surface area contributed by atoms with Gasteiger partial charge in [-0.15, -0.1) is 0 Å². The summed E-state index contributed by atoms with van der Waals surface area (Å²) in [6.45, 7) is 3.73. The van der Waals surface area contributed by atoms with E-state index in [1.807, 2.05) is 25.1 Å². The van der Waals surface area contributed by atoms with Crippen LogP contribution in [-0.2, 0) is 6.54 Å².